The predicted octanol–water partition coefficient (Wildman–Crippen LogP) is 4.52. The maximum absolute atomic E-state index is 11.8. The fraction of sp³-hybridized carbons (Fsp3) is 0.500. The lowest BCUT2D eigenvalue weighted by atomic mass is 9.86. The van der Waals surface area contributed by atoms with Gasteiger partial charge in [0.2, 0.25) is 0 Å². The molecular weight excluding hydrogens is 271 g/mol. The van der Waals surface area contributed by atoms with Crippen LogP contribution in [0.3, 0.4) is 0 Å². The van der Waals surface area contributed by atoms with Gasteiger partial charge in [-0.1, -0.05) is 35.3 Å². The van der Waals surface area contributed by atoms with E-state index < -0.39 is 5.41 Å². The van der Waals surface area contributed by atoms with Crippen molar-refractivity contribution in [3.05, 3.63) is 33.8 Å². The first-order valence-corrected chi connectivity index (χ1v) is 6.74. The molecule has 0 amide bonds. The van der Waals surface area contributed by atoms with Crippen molar-refractivity contribution in [1.82, 2.24) is 0 Å². The predicted molar refractivity (Wildman–Crippen MR) is 75.2 cm³/mol. The fourth-order valence-electron chi connectivity index (χ4n) is 1.62. The van der Waals surface area contributed by atoms with E-state index in [0.717, 1.165) is 5.56 Å². The molecule has 0 radical (unpaired) electrons. The Kier molecular flexibility index (Phi) is 5.48. The van der Waals surface area contributed by atoms with Gasteiger partial charge in [-0.2, -0.15) is 0 Å². The molecule has 2 nitrogen and oxygen atoms in total. The largest absolute Gasteiger partial charge is 0.466 e. The molecule has 18 heavy (non-hydrogen) atoms. The third-order valence-electron chi connectivity index (χ3n) is 2.88. The van der Waals surface area contributed by atoms with Crippen molar-refractivity contribution < 1.29 is 9.53 Å². The molecule has 4 heteroatoms. The summed E-state index contributed by atoms with van der Waals surface area (Å²) in [6.45, 7) is 5.97. The van der Waals surface area contributed by atoms with Crippen LogP contribution in [0.5, 0.6) is 0 Å². The van der Waals surface area contributed by atoms with E-state index in [4.69, 9.17) is 27.9 Å². The Morgan fingerprint density at radius 1 is 1.33 bits per heavy atom. The lowest BCUT2D eigenvalue weighted by Crippen LogP contribution is -2.27. The first-order chi connectivity index (χ1) is 8.38. The molecule has 0 spiro atoms. The molecule has 0 bridgehead atoms. The van der Waals surface area contributed by atoms with Crippen LogP contribution in [-0.2, 0) is 16.0 Å². The van der Waals surface area contributed by atoms with Crippen LogP contribution in [0.4, 0.5) is 0 Å². The van der Waals surface area contributed by atoms with Gasteiger partial charge in [0.05, 0.1) is 22.1 Å². The van der Waals surface area contributed by atoms with Crippen LogP contribution >= 0.6 is 23.2 Å². The second-order valence-corrected chi connectivity index (χ2v) is 5.60. The zero-order valence-corrected chi connectivity index (χ0v) is 12.4. The molecule has 0 fully saturated rings. The number of rotatable bonds is 5. The van der Waals surface area contributed by atoms with Gasteiger partial charge in [-0.15, -0.1) is 0 Å². The normalized spacial score (nSPS) is 11.4. The lowest BCUT2D eigenvalue weighted by molar-refractivity contribution is -0.153. The van der Waals surface area contributed by atoms with Gasteiger partial charge in [-0.05, 0) is 45.2 Å². The molecule has 0 aliphatic rings. The summed E-state index contributed by atoms with van der Waals surface area (Å²) < 4.78 is 5.05. The highest BCUT2D eigenvalue weighted by Crippen LogP contribution is 2.30. The van der Waals surface area contributed by atoms with Gasteiger partial charge < -0.3 is 4.74 Å². The zero-order chi connectivity index (χ0) is 13.8. The average molecular weight is 289 g/mol. The molecular formula is C14H18Cl2O2. The number of halogens is 2. The topological polar surface area (TPSA) is 26.3 Å². The highest BCUT2D eigenvalue weighted by Gasteiger charge is 2.28. The Labute approximate surface area is 118 Å². The summed E-state index contributed by atoms with van der Waals surface area (Å²) in [4.78, 5) is 11.8. The summed E-state index contributed by atoms with van der Waals surface area (Å²) >= 11 is 12.1. The number of aryl methyl sites for hydroxylation is 1. The Morgan fingerprint density at radius 2 is 2.00 bits per heavy atom. The lowest BCUT2D eigenvalue weighted by Gasteiger charge is -2.22. The van der Waals surface area contributed by atoms with E-state index in [9.17, 15) is 4.79 Å². The zero-order valence-electron chi connectivity index (χ0n) is 10.9. The molecule has 0 aliphatic carbocycles. The molecule has 0 aromatic heterocycles. The third-order valence-corrected chi connectivity index (χ3v) is 3.74. The number of ether oxygens (including phenoxy) is 1. The average Bonchev–Trinajstić information content (AvgIpc) is 2.31. The summed E-state index contributed by atoms with van der Waals surface area (Å²) in [5, 5.41) is 1.11. The molecule has 0 aliphatic heterocycles. The molecule has 0 unspecified atom stereocenters. The fourth-order valence-corrected chi connectivity index (χ4v) is 2.03. The first kappa shape index (κ1) is 15.3. The summed E-state index contributed by atoms with van der Waals surface area (Å²) in [7, 11) is 0. The van der Waals surface area contributed by atoms with Crippen molar-refractivity contribution in [1.29, 1.82) is 0 Å². The SMILES string of the molecule is CCOC(=O)C(C)(C)CCc1cccc(Cl)c1Cl. The minimum absolute atomic E-state index is 0.178. The van der Waals surface area contributed by atoms with Gasteiger partial charge in [0.25, 0.3) is 0 Å². The summed E-state index contributed by atoms with van der Waals surface area (Å²) in [5.41, 5.74) is 0.448. The Hall–Kier alpha value is -0.730. The van der Waals surface area contributed by atoms with E-state index in [1.807, 2.05) is 32.9 Å². The van der Waals surface area contributed by atoms with Gasteiger partial charge in [-0.25, -0.2) is 0 Å². The molecule has 0 saturated heterocycles. The van der Waals surface area contributed by atoms with E-state index in [-0.39, 0.29) is 5.97 Å². The van der Waals surface area contributed by atoms with Crippen LogP contribution in [0.1, 0.15) is 32.8 Å². The minimum atomic E-state index is -0.512. The number of hydrogen-bond acceptors (Lipinski definition) is 2. The molecule has 1 aromatic carbocycles. The van der Waals surface area contributed by atoms with Crippen LogP contribution in [-0.4, -0.2) is 12.6 Å². The van der Waals surface area contributed by atoms with Gasteiger partial charge in [0.1, 0.15) is 0 Å². The molecule has 0 N–H and O–H groups in total. The Bertz CT molecular complexity index is 428. The van der Waals surface area contributed by atoms with Crippen LogP contribution in [0.25, 0.3) is 0 Å². The molecule has 1 aromatic rings. The molecule has 0 atom stereocenters. The van der Waals surface area contributed by atoms with E-state index in [2.05, 4.69) is 0 Å². The van der Waals surface area contributed by atoms with Crippen molar-refractivity contribution in [3.63, 3.8) is 0 Å². The number of esters is 1. The van der Waals surface area contributed by atoms with Crippen molar-refractivity contribution in [2.45, 2.75) is 33.6 Å². The van der Waals surface area contributed by atoms with Gasteiger partial charge in [0.15, 0.2) is 0 Å². The highest BCUT2D eigenvalue weighted by atomic mass is 35.5. The summed E-state index contributed by atoms with van der Waals surface area (Å²) in [5.74, 6) is -0.178. The highest BCUT2D eigenvalue weighted by molar-refractivity contribution is 6.42. The Morgan fingerprint density at radius 3 is 2.61 bits per heavy atom. The maximum Gasteiger partial charge on any atom is 0.311 e. The smallest absolute Gasteiger partial charge is 0.311 e. The van der Waals surface area contributed by atoms with E-state index in [1.165, 1.54) is 0 Å². The first-order valence-electron chi connectivity index (χ1n) is 5.98. The van der Waals surface area contributed by atoms with Crippen LogP contribution < -0.4 is 0 Å². The van der Waals surface area contributed by atoms with Crippen molar-refractivity contribution >= 4 is 29.2 Å². The summed E-state index contributed by atoms with van der Waals surface area (Å²) in [6.07, 6.45) is 1.37. The molecule has 1 rings (SSSR count). The monoisotopic (exact) mass is 288 g/mol. The second-order valence-electron chi connectivity index (χ2n) is 4.82. The number of carbonyl (C=O) groups is 1. The maximum atomic E-state index is 11.8. The van der Waals surface area contributed by atoms with E-state index in [0.29, 0.717) is 29.5 Å². The quantitative estimate of drug-likeness (QED) is 0.745. The standard InChI is InChI=1S/C14H18Cl2O2/c1-4-18-13(17)14(2,3)9-8-10-6-5-7-11(15)12(10)16/h5-7H,4,8-9H2,1-3H3. The van der Waals surface area contributed by atoms with Crippen LogP contribution in [0.2, 0.25) is 10.0 Å². The number of hydrogen-bond donors (Lipinski definition) is 0. The molecule has 0 saturated carbocycles. The third kappa shape index (κ3) is 3.89. The van der Waals surface area contributed by atoms with Crippen molar-refractivity contribution in [2.24, 2.45) is 5.41 Å². The van der Waals surface area contributed by atoms with Gasteiger partial charge >= 0.3 is 5.97 Å². The number of benzene rings is 1. The van der Waals surface area contributed by atoms with Crippen molar-refractivity contribution in [3.8, 4) is 0 Å². The molecule has 100 valence electrons. The van der Waals surface area contributed by atoms with Crippen LogP contribution in [0, 0.1) is 5.41 Å². The summed E-state index contributed by atoms with van der Waals surface area (Å²) in [6, 6.07) is 5.54. The van der Waals surface area contributed by atoms with Gasteiger partial charge in [0, 0.05) is 0 Å². The Balaban J connectivity index is 2.70. The second kappa shape index (κ2) is 6.44. The van der Waals surface area contributed by atoms with E-state index in [1.54, 1.807) is 6.07 Å². The van der Waals surface area contributed by atoms with Crippen LogP contribution in [0.15, 0.2) is 18.2 Å². The van der Waals surface area contributed by atoms with Crippen molar-refractivity contribution in [2.75, 3.05) is 6.61 Å². The minimum Gasteiger partial charge on any atom is -0.466 e. The molecule has 0 heterocycles. The number of carbonyl (C=O) groups excluding carboxylic acids is 1. The van der Waals surface area contributed by atoms with Gasteiger partial charge in [-0.3, -0.25) is 4.79 Å². The van der Waals surface area contributed by atoms with E-state index >= 15 is 0 Å².